The van der Waals surface area contributed by atoms with Crippen molar-refractivity contribution in [2.75, 3.05) is 19.6 Å². The molecule has 3 nitrogen and oxygen atoms in total. The van der Waals surface area contributed by atoms with Gasteiger partial charge in [0.25, 0.3) is 0 Å². The minimum absolute atomic E-state index is 0. The maximum Gasteiger partial charge on any atom is 0.207 e. The van der Waals surface area contributed by atoms with E-state index in [1.54, 1.807) is 0 Å². The molecule has 1 fully saturated rings. The number of hydrogen-bond acceptors (Lipinski definition) is 2. The highest BCUT2D eigenvalue weighted by Gasteiger charge is 2.20. The molecular weight excluding hydrogens is 284 g/mol. The smallest absolute Gasteiger partial charge is 0.207 e. The maximum atomic E-state index is 10.4. The van der Waals surface area contributed by atoms with Gasteiger partial charge in [-0.05, 0) is 19.4 Å². The molecule has 21 heavy (non-hydrogen) atoms. The van der Waals surface area contributed by atoms with Crippen molar-refractivity contribution in [1.82, 2.24) is 10.2 Å². The number of nitrogens with one attached hydrogen (secondary N) is 1. The monoisotopic (exact) mass is 318 g/mol. The predicted octanol–water partition coefficient (Wildman–Crippen LogP) is 4.15. The summed E-state index contributed by atoms with van der Waals surface area (Å²) in [5.74, 6) is 0. The maximum absolute atomic E-state index is 10.4. The zero-order chi connectivity index (χ0) is 14.5. The number of unbranched alkanes of at least 4 members (excludes halogenated alkanes) is 9. The van der Waals surface area contributed by atoms with Crippen LogP contribution in [0.3, 0.4) is 0 Å². The second-order valence-corrected chi connectivity index (χ2v) is 6.25. The summed E-state index contributed by atoms with van der Waals surface area (Å²) in [6, 6.07) is 0.399. The van der Waals surface area contributed by atoms with E-state index in [9.17, 15) is 4.79 Å². The highest BCUT2D eigenvalue weighted by molar-refractivity contribution is 5.85. The first-order valence-electron chi connectivity index (χ1n) is 8.79. The Morgan fingerprint density at radius 2 is 1.57 bits per heavy atom. The van der Waals surface area contributed by atoms with Crippen LogP contribution in [0.15, 0.2) is 0 Å². The van der Waals surface area contributed by atoms with Gasteiger partial charge in [-0.3, -0.25) is 4.79 Å². The van der Waals surface area contributed by atoms with Crippen LogP contribution in [0.25, 0.3) is 0 Å². The van der Waals surface area contributed by atoms with Gasteiger partial charge in [0.1, 0.15) is 0 Å². The Bertz CT molecular complexity index is 239. The van der Waals surface area contributed by atoms with Crippen LogP contribution >= 0.6 is 12.4 Å². The first-order valence-corrected chi connectivity index (χ1v) is 8.79. The first kappa shape index (κ1) is 20.7. The highest BCUT2D eigenvalue weighted by atomic mass is 35.5. The summed E-state index contributed by atoms with van der Waals surface area (Å²) in [5.41, 5.74) is 0. The van der Waals surface area contributed by atoms with Gasteiger partial charge in [0, 0.05) is 19.1 Å². The van der Waals surface area contributed by atoms with E-state index >= 15 is 0 Å². The van der Waals surface area contributed by atoms with Crippen molar-refractivity contribution in [2.45, 2.75) is 83.6 Å². The topological polar surface area (TPSA) is 32.3 Å². The Balaban J connectivity index is 0.00000400. The van der Waals surface area contributed by atoms with Gasteiger partial charge in [0.05, 0.1) is 0 Å². The molecule has 0 unspecified atom stereocenters. The minimum Gasteiger partial charge on any atom is -0.355 e. The summed E-state index contributed by atoms with van der Waals surface area (Å²) in [5, 5.41) is 2.89. The fourth-order valence-corrected chi connectivity index (χ4v) is 3.09. The van der Waals surface area contributed by atoms with E-state index in [0.717, 1.165) is 25.9 Å². The average Bonchev–Trinajstić information content (AvgIpc) is 2.89. The van der Waals surface area contributed by atoms with Crippen LogP contribution in [0.5, 0.6) is 0 Å². The van der Waals surface area contributed by atoms with Crippen molar-refractivity contribution in [3.05, 3.63) is 0 Å². The first-order chi connectivity index (χ1) is 9.86. The number of nitrogens with zero attached hydrogens (tertiary/aromatic N) is 1. The zero-order valence-electron chi connectivity index (χ0n) is 13.8. The molecule has 1 saturated heterocycles. The molecule has 1 N–H and O–H groups in total. The highest BCUT2D eigenvalue weighted by Crippen LogP contribution is 2.13. The number of halogens is 1. The van der Waals surface area contributed by atoms with Crippen molar-refractivity contribution in [3.63, 3.8) is 0 Å². The molecule has 1 atom stereocenters. The molecule has 1 heterocycles. The SMILES string of the molecule is CCCCCCCCCCCCN1CC[C@H](NC=O)C1.Cl. The molecule has 1 aliphatic heterocycles. The van der Waals surface area contributed by atoms with Crippen molar-refractivity contribution < 1.29 is 4.79 Å². The normalized spacial score (nSPS) is 18.4. The fourth-order valence-electron chi connectivity index (χ4n) is 3.09. The lowest BCUT2D eigenvalue weighted by atomic mass is 10.1. The molecule has 0 aliphatic carbocycles. The largest absolute Gasteiger partial charge is 0.355 e. The Hall–Kier alpha value is -0.280. The van der Waals surface area contributed by atoms with Gasteiger partial charge in [-0.1, -0.05) is 64.7 Å². The van der Waals surface area contributed by atoms with Crippen LogP contribution in [0, 0.1) is 0 Å². The van der Waals surface area contributed by atoms with Crippen LogP contribution < -0.4 is 5.32 Å². The summed E-state index contributed by atoms with van der Waals surface area (Å²) < 4.78 is 0. The summed E-state index contributed by atoms with van der Waals surface area (Å²) in [4.78, 5) is 12.9. The number of amides is 1. The van der Waals surface area contributed by atoms with Crippen LogP contribution in [-0.2, 0) is 4.79 Å². The van der Waals surface area contributed by atoms with Crippen molar-refractivity contribution in [1.29, 1.82) is 0 Å². The van der Waals surface area contributed by atoms with Gasteiger partial charge in [0.2, 0.25) is 6.41 Å². The standard InChI is InChI=1S/C17H34N2O.ClH/c1-2-3-4-5-6-7-8-9-10-11-13-19-14-12-17(15-19)18-16-20;/h16-17H,2-15H2,1H3,(H,18,20);1H/t17-;/m0./s1. The van der Waals surface area contributed by atoms with Crippen molar-refractivity contribution >= 4 is 18.8 Å². The number of carbonyl (C=O) groups is 1. The lowest BCUT2D eigenvalue weighted by Gasteiger charge is -2.15. The van der Waals surface area contributed by atoms with Gasteiger partial charge in [0.15, 0.2) is 0 Å². The van der Waals surface area contributed by atoms with E-state index < -0.39 is 0 Å². The molecule has 0 aromatic rings. The van der Waals surface area contributed by atoms with Crippen molar-refractivity contribution in [3.8, 4) is 0 Å². The quantitative estimate of drug-likeness (QED) is 0.409. The molecule has 1 rings (SSSR count). The summed E-state index contributed by atoms with van der Waals surface area (Å²) in [7, 11) is 0. The molecule has 0 spiro atoms. The Kier molecular flexibility index (Phi) is 14.5. The molecule has 0 saturated carbocycles. The summed E-state index contributed by atoms with van der Waals surface area (Å²) >= 11 is 0. The van der Waals surface area contributed by atoms with Gasteiger partial charge < -0.3 is 10.2 Å². The van der Waals surface area contributed by atoms with Crippen LogP contribution in [0.2, 0.25) is 0 Å². The molecule has 1 aliphatic rings. The molecule has 0 aromatic heterocycles. The third-order valence-corrected chi connectivity index (χ3v) is 4.40. The Morgan fingerprint density at radius 3 is 2.14 bits per heavy atom. The Labute approximate surface area is 137 Å². The third kappa shape index (κ3) is 11.0. The van der Waals surface area contributed by atoms with Gasteiger partial charge in [-0.25, -0.2) is 0 Å². The van der Waals surface area contributed by atoms with Gasteiger partial charge >= 0.3 is 0 Å². The average molecular weight is 319 g/mol. The zero-order valence-corrected chi connectivity index (χ0v) is 14.6. The number of likely N-dealkylation sites (tertiary alicyclic amines) is 1. The molecule has 0 aromatic carbocycles. The van der Waals surface area contributed by atoms with E-state index in [4.69, 9.17) is 0 Å². The molecule has 1 amide bonds. The van der Waals surface area contributed by atoms with Crippen LogP contribution in [0.4, 0.5) is 0 Å². The molecule has 0 bridgehead atoms. The second-order valence-electron chi connectivity index (χ2n) is 6.25. The van der Waals surface area contributed by atoms with Crippen molar-refractivity contribution in [2.24, 2.45) is 0 Å². The minimum atomic E-state index is 0. The summed E-state index contributed by atoms with van der Waals surface area (Å²) in [6.07, 6.45) is 16.0. The van der Waals surface area contributed by atoms with Gasteiger partial charge in [-0.15, -0.1) is 12.4 Å². The third-order valence-electron chi connectivity index (χ3n) is 4.40. The second kappa shape index (κ2) is 14.6. The predicted molar refractivity (Wildman–Crippen MR) is 93.1 cm³/mol. The Morgan fingerprint density at radius 1 is 1.00 bits per heavy atom. The van der Waals surface area contributed by atoms with E-state index in [-0.39, 0.29) is 12.4 Å². The molecular formula is C17H35ClN2O. The van der Waals surface area contributed by atoms with E-state index in [1.165, 1.54) is 70.8 Å². The fraction of sp³-hybridized carbons (Fsp3) is 0.941. The number of hydrogen-bond donors (Lipinski definition) is 1. The van der Waals surface area contributed by atoms with Crippen LogP contribution in [-0.4, -0.2) is 37.0 Å². The lowest BCUT2D eigenvalue weighted by Crippen LogP contribution is -2.31. The van der Waals surface area contributed by atoms with E-state index in [0.29, 0.717) is 6.04 Å². The van der Waals surface area contributed by atoms with E-state index in [2.05, 4.69) is 17.1 Å². The number of rotatable bonds is 13. The molecule has 126 valence electrons. The molecule has 4 heteroatoms. The lowest BCUT2D eigenvalue weighted by molar-refractivity contribution is -0.110. The number of carbonyl (C=O) groups excluding carboxylic acids is 1. The van der Waals surface area contributed by atoms with Crippen LogP contribution in [0.1, 0.15) is 77.6 Å². The summed E-state index contributed by atoms with van der Waals surface area (Å²) in [6.45, 7) is 5.70. The van der Waals surface area contributed by atoms with Gasteiger partial charge in [-0.2, -0.15) is 0 Å². The molecule has 0 radical (unpaired) electrons. The van der Waals surface area contributed by atoms with E-state index in [1.807, 2.05) is 0 Å².